The molecule has 0 spiro atoms. The highest BCUT2D eigenvalue weighted by atomic mass is 16.5. The van der Waals surface area contributed by atoms with Crippen LogP contribution < -0.4 is 15.8 Å². The molecule has 92 valence electrons. The molecule has 4 N–H and O–H groups in total. The van der Waals surface area contributed by atoms with Gasteiger partial charge in [-0.1, -0.05) is 6.07 Å². The van der Waals surface area contributed by atoms with Crippen LogP contribution in [0.15, 0.2) is 24.3 Å². The molecule has 17 heavy (non-hydrogen) atoms. The standard InChI is InChI=1S/C12H16N2O3/c13-9-2-1-3-10(6-9)17-7-11(16)14-12(8-15)4-5-12/h1-3,6,15H,4-5,7-8,13H2,(H,14,16). The molecule has 2 rings (SSSR count). The molecule has 1 aliphatic carbocycles. The van der Waals surface area contributed by atoms with Gasteiger partial charge in [-0.15, -0.1) is 0 Å². The number of anilines is 1. The lowest BCUT2D eigenvalue weighted by Gasteiger charge is -2.14. The fourth-order valence-corrected chi connectivity index (χ4v) is 1.56. The minimum absolute atomic E-state index is 0.0168. The molecule has 0 saturated heterocycles. The number of hydrogen-bond acceptors (Lipinski definition) is 4. The quantitative estimate of drug-likeness (QED) is 0.641. The van der Waals surface area contributed by atoms with Crippen molar-refractivity contribution >= 4 is 11.6 Å². The molecule has 0 bridgehead atoms. The number of carbonyl (C=O) groups excluding carboxylic acids is 1. The molecular weight excluding hydrogens is 220 g/mol. The highest BCUT2D eigenvalue weighted by Crippen LogP contribution is 2.34. The normalized spacial score (nSPS) is 16.3. The van der Waals surface area contributed by atoms with E-state index >= 15 is 0 Å². The Hall–Kier alpha value is -1.75. The number of nitrogens with one attached hydrogen (secondary N) is 1. The molecule has 1 aromatic carbocycles. The highest BCUT2D eigenvalue weighted by Gasteiger charge is 2.43. The number of benzene rings is 1. The zero-order chi connectivity index (χ0) is 12.3. The monoisotopic (exact) mass is 236 g/mol. The summed E-state index contributed by atoms with van der Waals surface area (Å²) in [6, 6.07) is 6.91. The predicted molar refractivity (Wildman–Crippen MR) is 63.5 cm³/mol. The average Bonchev–Trinajstić information content (AvgIpc) is 3.07. The molecule has 1 fully saturated rings. The fraction of sp³-hybridized carbons (Fsp3) is 0.417. The van der Waals surface area contributed by atoms with Crippen LogP contribution in [0.25, 0.3) is 0 Å². The van der Waals surface area contributed by atoms with Crippen LogP contribution in [-0.4, -0.2) is 29.8 Å². The molecule has 1 aliphatic rings. The van der Waals surface area contributed by atoms with Gasteiger partial charge < -0.3 is 20.9 Å². The van der Waals surface area contributed by atoms with Crippen molar-refractivity contribution in [2.24, 2.45) is 0 Å². The molecule has 5 nitrogen and oxygen atoms in total. The van der Waals surface area contributed by atoms with E-state index in [2.05, 4.69) is 5.32 Å². The number of amides is 1. The number of rotatable bonds is 5. The molecule has 0 atom stereocenters. The molecular formula is C12H16N2O3. The number of hydrogen-bond donors (Lipinski definition) is 3. The molecule has 1 amide bonds. The van der Waals surface area contributed by atoms with E-state index in [4.69, 9.17) is 15.6 Å². The third-order valence-electron chi connectivity index (χ3n) is 2.79. The van der Waals surface area contributed by atoms with E-state index in [1.165, 1.54) is 0 Å². The Balaban J connectivity index is 1.80. The number of carbonyl (C=O) groups is 1. The SMILES string of the molecule is Nc1cccc(OCC(=O)NC2(CO)CC2)c1. The molecule has 1 saturated carbocycles. The molecule has 1 aromatic rings. The van der Waals surface area contributed by atoms with Gasteiger partial charge in [-0.3, -0.25) is 4.79 Å². The maximum Gasteiger partial charge on any atom is 0.258 e. The largest absolute Gasteiger partial charge is 0.484 e. The summed E-state index contributed by atoms with van der Waals surface area (Å²) in [6.45, 7) is -0.0811. The first-order chi connectivity index (χ1) is 8.13. The van der Waals surface area contributed by atoms with Gasteiger partial charge in [0.2, 0.25) is 0 Å². The van der Waals surface area contributed by atoms with E-state index in [1.54, 1.807) is 24.3 Å². The Morgan fingerprint density at radius 1 is 1.53 bits per heavy atom. The Kier molecular flexibility index (Phi) is 3.19. The van der Waals surface area contributed by atoms with Gasteiger partial charge in [-0.05, 0) is 25.0 Å². The van der Waals surface area contributed by atoms with Crippen molar-refractivity contribution in [3.05, 3.63) is 24.3 Å². The second-order valence-electron chi connectivity index (χ2n) is 4.35. The van der Waals surface area contributed by atoms with Crippen molar-refractivity contribution < 1.29 is 14.6 Å². The lowest BCUT2D eigenvalue weighted by atomic mass is 10.3. The summed E-state index contributed by atoms with van der Waals surface area (Å²) in [5, 5.41) is 11.8. The van der Waals surface area contributed by atoms with Crippen LogP contribution in [0.5, 0.6) is 5.75 Å². The van der Waals surface area contributed by atoms with Crippen molar-refractivity contribution in [3.8, 4) is 5.75 Å². The Labute approximate surface area is 99.6 Å². The second-order valence-corrected chi connectivity index (χ2v) is 4.35. The van der Waals surface area contributed by atoms with E-state index in [0.29, 0.717) is 11.4 Å². The van der Waals surface area contributed by atoms with E-state index in [-0.39, 0.29) is 19.1 Å². The Bertz CT molecular complexity index is 416. The average molecular weight is 236 g/mol. The molecule has 5 heteroatoms. The topological polar surface area (TPSA) is 84.6 Å². The summed E-state index contributed by atoms with van der Waals surface area (Å²) in [7, 11) is 0. The van der Waals surface area contributed by atoms with Crippen LogP contribution >= 0.6 is 0 Å². The van der Waals surface area contributed by atoms with Crippen molar-refractivity contribution in [3.63, 3.8) is 0 Å². The van der Waals surface area contributed by atoms with Crippen molar-refractivity contribution in [2.45, 2.75) is 18.4 Å². The maximum absolute atomic E-state index is 11.5. The third kappa shape index (κ3) is 3.10. The van der Waals surface area contributed by atoms with E-state index < -0.39 is 5.54 Å². The number of aliphatic hydroxyl groups is 1. The van der Waals surface area contributed by atoms with E-state index in [1.807, 2.05) is 0 Å². The minimum atomic E-state index is -0.393. The number of aliphatic hydroxyl groups excluding tert-OH is 1. The van der Waals surface area contributed by atoms with Crippen molar-refractivity contribution in [1.29, 1.82) is 0 Å². The summed E-state index contributed by atoms with van der Waals surface area (Å²) < 4.78 is 5.29. The lowest BCUT2D eigenvalue weighted by Crippen LogP contribution is -2.42. The van der Waals surface area contributed by atoms with Crippen LogP contribution in [0.3, 0.4) is 0 Å². The van der Waals surface area contributed by atoms with Crippen LogP contribution in [0.4, 0.5) is 5.69 Å². The van der Waals surface area contributed by atoms with E-state index in [9.17, 15) is 4.79 Å². The first kappa shape index (κ1) is 11.7. The summed E-state index contributed by atoms with van der Waals surface area (Å²) in [6.07, 6.45) is 1.65. The van der Waals surface area contributed by atoms with Crippen LogP contribution in [0.2, 0.25) is 0 Å². The third-order valence-corrected chi connectivity index (χ3v) is 2.79. The zero-order valence-electron chi connectivity index (χ0n) is 9.48. The van der Waals surface area contributed by atoms with Crippen LogP contribution in [-0.2, 0) is 4.79 Å². The van der Waals surface area contributed by atoms with Crippen LogP contribution in [0, 0.1) is 0 Å². The summed E-state index contributed by atoms with van der Waals surface area (Å²) in [5.74, 6) is 0.341. The number of nitrogen functional groups attached to an aromatic ring is 1. The molecule has 0 heterocycles. The molecule has 0 radical (unpaired) electrons. The predicted octanol–water partition coefficient (Wildman–Crippen LogP) is 0.289. The summed E-state index contributed by atoms with van der Waals surface area (Å²) >= 11 is 0. The number of ether oxygens (including phenoxy) is 1. The van der Waals surface area contributed by atoms with Gasteiger partial charge in [-0.25, -0.2) is 0 Å². The highest BCUT2D eigenvalue weighted by molar-refractivity contribution is 5.78. The van der Waals surface area contributed by atoms with E-state index in [0.717, 1.165) is 12.8 Å². The van der Waals surface area contributed by atoms with Gasteiger partial charge in [-0.2, -0.15) is 0 Å². The first-order valence-electron chi connectivity index (χ1n) is 5.54. The van der Waals surface area contributed by atoms with Gasteiger partial charge in [0.1, 0.15) is 5.75 Å². The molecule has 0 aromatic heterocycles. The zero-order valence-corrected chi connectivity index (χ0v) is 9.48. The maximum atomic E-state index is 11.5. The smallest absolute Gasteiger partial charge is 0.258 e. The number of nitrogens with two attached hydrogens (primary N) is 1. The van der Waals surface area contributed by atoms with Crippen molar-refractivity contribution in [2.75, 3.05) is 18.9 Å². The first-order valence-corrected chi connectivity index (χ1v) is 5.54. The van der Waals surface area contributed by atoms with Gasteiger partial charge in [0, 0.05) is 11.8 Å². The van der Waals surface area contributed by atoms with Gasteiger partial charge >= 0.3 is 0 Å². The fourth-order valence-electron chi connectivity index (χ4n) is 1.56. The van der Waals surface area contributed by atoms with Gasteiger partial charge in [0.05, 0.1) is 12.1 Å². The van der Waals surface area contributed by atoms with Crippen molar-refractivity contribution in [1.82, 2.24) is 5.32 Å². The Morgan fingerprint density at radius 3 is 2.88 bits per heavy atom. The second kappa shape index (κ2) is 4.63. The Morgan fingerprint density at radius 2 is 2.29 bits per heavy atom. The summed E-state index contributed by atoms with van der Waals surface area (Å²) in [4.78, 5) is 11.5. The molecule has 0 unspecified atom stereocenters. The summed E-state index contributed by atoms with van der Waals surface area (Å²) in [5.41, 5.74) is 5.79. The van der Waals surface area contributed by atoms with Crippen LogP contribution in [0.1, 0.15) is 12.8 Å². The van der Waals surface area contributed by atoms with Gasteiger partial charge in [0.15, 0.2) is 6.61 Å². The minimum Gasteiger partial charge on any atom is -0.484 e. The van der Waals surface area contributed by atoms with Gasteiger partial charge in [0.25, 0.3) is 5.91 Å². The molecule has 0 aliphatic heterocycles. The lowest BCUT2D eigenvalue weighted by molar-refractivity contribution is -0.124.